The van der Waals surface area contributed by atoms with Crippen LogP contribution in [0.2, 0.25) is 0 Å². The quantitative estimate of drug-likeness (QED) is 0.381. The first-order valence-corrected chi connectivity index (χ1v) is 5.62. The molecular weight excluding hydrogens is 284 g/mol. The average Bonchev–Trinajstić information content (AvgIpc) is 2.42. The summed E-state index contributed by atoms with van der Waals surface area (Å²) in [6, 6.07) is 3.50. The van der Waals surface area contributed by atoms with E-state index in [1.165, 1.54) is 12.1 Å². The SMILES string of the molecule is NC(=O)c1ccc(NCC(=O)NCC(=O)O)c([N+](=O)[O-])c1. The number of carboxylic acid groups (broad SMARTS) is 1. The van der Waals surface area contributed by atoms with Gasteiger partial charge in [0.25, 0.3) is 5.69 Å². The summed E-state index contributed by atoms with van der Waals surface area (Å²) in [6.07, 6.45) is 0. The van der Waals surface area contributed by atoms with Gasteiger partial charge in [-0.05, 0) is 12.1 Å². The van der Waals surface area contributed by atoms with Crippen LogP contribution in [0.5, 0.6) is 0 Å². The lowest BCUT2D eigenvalue weighted by Gasteiger charge is -2.07. The number of carbonyl (C=O) groups excluding carboxylic acids is 2. The van der Waals surface area contributed by atoms with Gasteiger partial charge in [-0.2, -0.15) is 0 Å². The third kappa shape index (κ3) is 4.78. The Morgan fingerprint density at radius 1 is 1.29 bits per heavy atom. The van der Waals surface area contributed by atoms with Crippen molar-refractivity contribution in [1.82, 2.24) is 5.32 Å². The highest BCUT2D eigenvalue weighted by atomic mass is 16.6. The van der Waals surface area contributed by atoms with E-state index in [0.717, 1.165) is 6.07 Å². The molecule has 0 unspecified atom stereocenters. The van der Waals surface area contributed by atoms with E-state index in [9.17, 15) is 24.5 Å². The van der Waals surface area contributed by atoms with Crippen LogP contribution < -0.4 is 16.4 Å². The third-order valence-electron chi connectivity index (χ3n) is 2.36. The molecule has 0 aliphatic carbocycles. The van der Waals surface area contributed by atoms with Crippen molar-refractivity contribution in [2.24, 2.45) is 5.73 Å². The van der Waals surface area contributed by atoms with Crippen LogP contribution in [0.4, 0.5) is 11.4 Å². The lowest BCUT2D eigenvalue weighted by atomic mass is 10.1. The lowest BCUT2D eigenvalue weighted by Crippen LogP contribution is -2.33. The standard InChI is InChI=1S/C11H12N4O6/c12-11(19)6-1-2-7(8(3-6)15(20)21)13-4-9(16)14-5-10(17)18/h1-3,13H,4-5H2,(H2,12,19)(H,14,16)(H,17,18). The van der Waals surface area contributed by atoms with E-state index in [1.54, 1.807) is 0 Å². The van der Waals surface area contributed by atoms with Crippen molar-refractivity contribution in [3.05, 3.63) is 33.9 Å². The number of primary amides is 1. The number of anilines is 1. The molecule has 1 aromatic carbocycles. The summed E-state index contributed by atoms with van der Waals surface area (Å²) in [5.41, 5.74) is 4.57. The van der Waals surface area contributed by atoms with Crippen LogP contribution in [-0.4, -0.2) is 40.9 Å². The predicted molar refractivity (Wildman–Crippen MR) is 70.7 cm³/mol. The number of nitrogens with two attached hydrogens (primary N) is 1. The molecule has 0 spiro atoms. The Kier molecular flexibility index (Phi) is 5.17. The first-order chi connectivity index (χ1) is 9.81. The van der Waals surface area contributed by atoms with Gasteiger partial charge in [0.1, 0.15) is 12.2 Å². The van der Waals surface area contributed by atoms with Crippen LogP contribution >= 0.6 is 0 Å². The second-order valence-corrected chi connectivity index (χ2v) is 3.88. The van der Waals surface area contributed by atoms with Crippen LogP contribution in [0.3, 0.4) is 0 Å². The summed E-state index contributed by atoms with van der Waals surface area (Å²) >= 11 is 0. The first kappa shape index (κ1) is 15.9. The molecule has 1 rings (SSSR count). The number of carboxylic acids is 1. The number of benzene rings is 1. The Bertz CT molecular complexity index is 600. The van der Waals surface area contributed by atoms with Crippen molar-refractivity contribution in [3.63, 3.8) is 0 Å². The van der Waals surface area contributed by atoms with Crippen LogP contribution in [0.15, 0.2) is 18.2 Å². The molecule has 0 saturated carbocycles. The van der Waals surface area contributed by atoms with Crippen molar-refractivity contribution in [2.45, 2.75) is 0 Å². The van der Waals surface area contributed by atoms with Crippen LogP contribution in [0, 0.1) is 10.1 Å². The molecule has 5 N–H and O–H groups in total. The zero-order chi connectivity index (χ0) is 16.0. The Morgan fingerprint density at radius 2 is 1.95 bits per heavy atom. The van der Waals surface area contributed by atoms with Gasteiger partial charge in [-0.25, -0.2) is 0 Å². The normalized spacial score (nSPS) is 9.71. The molecule has 112 valence electrons. The smallest absolute Gasteiger partial charge is 0.322 e. The number of nitro benzene ring substituents is 1. The molecule has 0 atom stereocenters. The van der Waals surface area contributed by atoms with Gasteiger partial charge in [0, 0.05) is 11.6 Å². The zero-order valence-corrected chi connectivity index (χ0v) is 10.7. The Morgan fingerprint density at radius 3 is 2.48 bits per heavy atom. The number of hydrogen-bond acceptors (Lipinski definition) is 6. The molecule has 0 heterocycles. The number of hydrogen-bond donors (Lipinski definition) is 4. The molecule has 21 heavy (non-hydrogen) atoms. The van der Waals surface area contributed by atoms with Gasteiger partial charge < -0.3 is 21.5 Å². The lowest BCUT2D eigenvalue weighted by molar-refractivity contribution is -0.384. The Labute approximate surface area is 118 Å². The van der Waals surface area contributed by atoms with Gasteiger partial charge in [0.15, 0.2) is 0 Å². The second-order valence-electron chi connectivity index (χ2n) is 3.88. The summed E-state index contributed by atoms with van der Waals surface area (Å²) in [5.74, 6) is -2.67. The molecule has 0 radical (unpaired) electrons. The number of rotatable bonds is 7. The molecule has 0 saturated heterocycles. The van der Waals surface area contributed by atoms with E-state index in [2.05, 4.69) is 10.6 Å². The number of carbonyl (C=O) groups is 3. The molecule has 10 nitrogen and oxygen atoms in total. The Hall–Kier alpha value is -3.17. The maximum atomic E-state index is 11.3. The van der Waals surface area contributed by atoms with Crippen molar-refractivity contribution in [2.75, 3.05) is 18.4 Å². The number of nitro groups is 1. The highest BCUT2D eigenvalue weighted by Crippen LogP contribution is 2.25. The molecular formula is C11H12N4O6. The van der Waals surface area contributed by atoms with Crippen LogP contribution in [0.1, 0.15) is 10.4 Å². The van der Waals surface area contributed by atoms with Gasteiger partial charge in [0.05, 0.1) is 11.5 Å². The van der Waals surface area contributed by atoms with E-state index < -0.39 is 34.9 Å². The summed E-state index contributed by atoms with van der Waals surface area (Å²) < 4.78 is 0. The van der Waals surface area contributed by atoms with Gasteiger partial charge in [0.2, 0.25) is 11.8 Å². The second kappa shape index (κ2) is 6.84. The summed E-state index contributed by atoms with van der Waals surface area (Å²) in [6.45, 7) is -0.909. The first-order valence-electron chi connectivity index (χ1n) is 5.62. The monoisotopic (exact) mass is 296 g/mol. The van der Waals surface area contributed by atoms with Crippen molar-refractivity contribution in [3.8, 4) is 0 Å². The molecule has 2 amide bonds. The van der Waals surface area contributed by atoms with Gasteiger partial charge >= 0.3 is 5.97 Å². The average molecular weight is 296 g/mol. The number of nitrogens with zero attached hydrogens (tertiary/aromatic N) is 1. The molecule has 1 aromatic rings. The minimum atomic E-state index is -1.21. The van der Waals surface area contributed by atoms with Crippen molar-refractivity contribution >= 4 is 29.2 Å². The highest BCUT2D eigenvalue weighted by molar-refractivity contribution is 5.94. The molecule has 0 bridgehead atoms. The van der Waals surface area contributed by atoms with Crippen LogP contribution in [-0.2, 0) is 9.59 Å². The molecule has 0 aliphatic rings. The van der Waals surface area contributed by atoms with Gasteiger partial charge in [-0.1, -0.05) is 0 Å². The fraction of sp³-hybridized carbons (Fsp3) is 0.182. The molecule has 0 fully saturated rings. The summed E-state index contributed by atoms with van der Waals surface area (Å²) in [7, 11) is 0. The van der Waals surface area contributed by atoms with E-state index >= 15 is 0 Å². The Balaban J connectivity index is 2.79. The van der Waals surface area contributed by atoms with Crippen molar-refractivity contribution < 1.29 is 24.4 Å². The number of amides is 2. The number of aliphatic carboxylic acids is 1. The third-order valence-corrected chi connectivity index (χ3v) is 2.36. The molecule has 0 aromatic heterocycles. The molecule has 0 aliphatic heterocycles. The van der Waals surface area contributed by atoms with Crippen molar-refractivity contribution in [1.29, 1.82) is 0 Å². The zero-order valence-electron chi connectivity index (χ0n) is 10.7. The van der Waals surface area contributed by atoms with Crippen LogP contribution in [0.25, 0.3) is 0 Å². The van der Waals surface area contributed by atoms with Gasteiger partial charge in [-0.15, -0.1) is 0 Å². The minimum Gasteiger partial charge on any atom is -0.480 e. The van der Waals surface area contributed by atoms with E-state index in [0.29, 0.717) is 0 Å². The summed E-state index contributed by atoms with van der Waals surface area (Å²) in [5, 5.41) is 23.8. The number of nitrogens with one attached hydrogen (secondary N) is 2. The summed E-state index contributed by atoms with van der Waals surface area (Å²) in [4.78, 5) is 42.7. The topological polar surface area (TPSA) is 165 Å². The fourth-order valence-corrected chi connectivity index (χ4v) is 1.40. The maximum absolute atomic E-state index is 11.3. The van der Waals surface area contributed by atoms with Gasteiger partial charge in [-0.3, -0.25) is 24.5 Å². The molecule has 10 heteroatoms. The largest absolute Gasteiger partial charge is 0.480 e. The maximum Gasteiger partial charge on any atom is 0.322 e. The predicted octanol–water partition coefficient (Wildman–Crippen LogP) is -0.694. The van der Waals surface area contributed by atoms with E-state index in [4.69, 9.17) is 10.8 Å². The van der Waals surface area contributed by atoms with E-state index in [-0.39, 0.29) is 17.8 Å². The highest BCUT2D eigenvalue weighted by Gasteiger charge is 2.17. The minimum absolute atomic E-state index is 0.00970. The fourth-order valence-electron chi connectivity index (χ4n) is 1.40. The van der Waals surface area contributed by atoms with E-state index in [1.807, 2.05) is 0 Å².